The number of nitrogens with one attached hydrogen (secondary N) is 2. The Kier molecular flexibility index (Phi) is 3.41. The lowest BCUT2D eigenvalue weighted by atomic mass is 10.2. The molecule has 0 bridgehead atoms. The molecule has 0 aromatic heterocycles. The normalized spacial score (nSPS) is 13.5. The van der Waals surface area contributed by atoms with Crippen LogP contribution in [0.3, 0.4) is 0 Å². The lowest BCUT2D eigenvalue weighted by Gasteiger charge is -2.13. The molecule has 0 atom stereocenters. The van der Waals surface area contributed by atoms with Gasteiger partial charge in [-0.3, -0.25) is 4.99 Å². The van der Waals surface area contributed by atoms with E-state index in [4.69, 9.17) is 4.74 Å². The van der Waals surface area contributed by atoms with Crippen LogP contribution in [0.25, 0.3) is 0 Å². The van der Waals surface area contributed by atoms with E-state index in [-0.39, 0.29) is 5.75 Å². The summed E-state index contributed by atoms with van der Waals surface area (Å²) in [5.41, 5.74) is 0.669. The van der Waals surface area contributed by atoms with E-state index in [1.807, 2.05) is 30.3 Å². The predicted molar refractivity (Wildman–Crippen MR) is 78.6 cm³/mol. The molecule has 1 heterocycles. The molecule has 0 spiro atoms. The molecule has 0 saturated carbocycles. The molecule has 0 saturated heterocycles. The van der Waals surface area contributed by atoms with Crippen LogP contribution in [-0.2, 0) is 0 Å². The van der Waals surface area contributed by atoms with Crippen LogP contribution in [0.5, 0.6) is 17.2 Å². The predicted octanol–water partition coefficient (Wildman–Crippen LogP) is 2.56. The van der Waals surface area contributed by atoms with E-state index in [9.17, 15) is 5.11 Å². The fraction of sp³-hybridized carbons (Fsp3) is 0.133. The maximum atomic E-state index is 9.62. The molecule has 2 aromatic carbocycles. The summed E-state index contributed by atoms with van der Waals surface area (Å²) in [6, 6.07) is 14.4. The van der Waals surface area contributed by atoms with Crippen molar-refractivity contribution in [3.8, 4) is 17.2 Å². The van der Waals surface area contributed by atoms with Crippen LogP contribution in [0.15, 0.2) is 53.5 Å². The van der Waals surface area contributed by atoms with E-state index in [1.54, 1.807) is 18.2 Å². The number of aromatic hydroxyl groups is 1. The van der Waals surface area contributed by atoms with Gasteiger partial charge in [-0.15, -0.1) is 0 Å². The highest BCUT2D eigenvalue weighted by atomic mass is 16.5. The van der Waals surface area contributed by atoms with E-state index in [2.05, 4.69) is 15.6 Å². The average Bonchev–Trinajstić information content (AvgIpc) is 2.96. The van der Waals surface area contributed by atoms with Crippen LogP contribution in [0, 0.1) is 0 Å². The lowest BCUT2D eigenvalue weighted by Crippen LogP contribution is -2.26. The number of phenols is 1. The molecule has 1 aliphatic rings. The molecule has 5 nitrogen and oxygen atoms in total. The topological polar surface area (TPSA) is 65.9 Å². The average molecular weight is 269 g/mol. The van der Waals surface area contributed by atoms with E-state index in [1.165, 1.54) is 0 Å². The van der Waals surface area contributed by atoms with Gasteiger partial charge in [0.15, 0.2) is 11.7 Å². The van der Waals surface area contributed by atoms with Crippen molar-refractivity contribution in [2.75, 3.05) is 18.4 Å². The lowest BCUT2D eigenvalue weighted by molar-refractivity contribution is 0.466. The Labute approximate surface area is 116 Å². The molecule has 5 heteroatoms. The molecular weight excluding hydrogens is 254 g/mol. The zero-order valence-corrected chi connectivity index (χ0v) is 10.8. The minimum atomic E-state index is 0.173. The second kappa shape index (κ2) is 5.52. The fourth-order valence-corrected chi connectivity index (χ4v) is 1.93. The largest absolute Gasteiger partial charge is 0.508 e. The summed E-state index contributed by atoms with van der Waals surface area (Å²) in [5.74, 6) is 2.23. The van der Waals surface area contributed by atoms with Gasteiger partial charge in [-0.1, -0.05) is 18.2 Å². The molecular formula is C15H15N3O2. The number of phenolic OH excluding ortho intramolecular Hbond substituents is 1. The van der Waals surface area contributed by atoms with Crippen LogP contribution in [0.4, 0.5) is 5.69 Å². The van der Waals surface area contributed by atoms with Crippen molar-refractivity contribution in [2.45, 2.75) is 0 Å². The van der Waals surface area contributed by atoms with Gasteiger partial charge in [0, 0.05) is 12.6 Å². The summed E-state index contributed by atoms with van der Waals surface area (Å²) < 4.78 is 5.82. The first-order valence-corrected chi connectivity index (χ1v) is 6.42. The summed E-state index contributed by atoms with van der Waals surface area (Å²) >= 11 is 0. The first kappa shape index (κ1) is 12.3. The number of rotatable bonds is 3. The highest BCUT2D eigenvalue weighted by Gasteiger charge is 2.11. The fourth-order valence-electron chi connectivity index (χ4n) is 1.93. The standard InChI is InChI=1S/C15H15N3O2/c19-11-6-7-14(20-12-4-2-1-3-5-12)13(10-11)18-15-16-8-9-17-15/h1-7,10,19H,8-9H2,(H2,16,17,18). The molecule has 3 N–H and O–H groups in total. The number of para-hydroxylation sites is 1. The van der Waals surface area contributed by atoms with Crippen molar-refractivity contribution in [2.24, 2.45) is 4.99 Å². The molecule has 0 unspecified atom stereocenters. The molecule has 0 radical (unpaired) electrons. The van der Waals surface area contributed by atoms with E-state index in [0.29, 0.717) is 17.4 Å². The maximum absolute atomic E-state index is 9.62. The van der Waals surface area contributed by atoms with Gasteiger partial charge >= 0.3 is 0 Å². The second-order valence-corrected chi connectivity index (χ2v) is 4.38. The summed E-state index contributed by atoms with van der Waals surface area (Å²) in [6.45, 7) is 1.56. The van der Waals surface area contributed by atoms with Crippen molar-refractivity contribution in [3.63, 3.8) is 0 Å². The van der Waals surface area contributed by atoms with E-state index < -0.39 is 0 Å². The van der Waals surface area contributed by atoms with Crippen LogP contribution < -0.4 is 15.4 Å². The van der Waals surface area contributed by atoms with Crippen LogP contribution in [-0.4, -0.2) is 24.2 Å². The summed E-state index contributed by atoms with van der Waals surface area (Å²) in [4.78, 5) is 4.27. The molecule has 0 amide bonds. The van der Waals surface area contributed by atoms with Gasteiger partial charge in [-0.25, -0.2) is 0 Å². The zero-order valence-electron chi connectivity index (χ0n) is 10.8. The molecule has 102 valence electrons. The number of anilines is 1. The number of hydrogen-bond acceptors (Lipinski definition) is 5. The van der Waals surface area contributed by atoms with Gasteiger partial charge in [-0.2, -0.15) is 0 Å². The van der Waals surface area contributed by atoms with Crippen molar-refractivity contribution in [3.05, 3.63) is 48.5 Å². The highest BCUT2D eigenvalue weighted by Crippen LogP contribution is 2.32. The Morgan fingerprint density at radius 1 is 1.15 bits per heavy atom. The SMILES string of the molecule is Oc1ccc(Oc2ccccc2)c(NC2=NCCN2)c1. The Hall–Kier alpha value is -2.69. The van der Waals surface area contributed by atoms with Crippen LogP contribution >= 0.6 is 0 Å². The van der Waals surface area contributed by atoms with Crippen molar-refractivity contribution < 1.29 is 9.84 Å². The minimum absolute atomic E-state index is 0.173. The van der Waals surface area contributed by atoms with Crippen molar-refractivity contribution >= 4 is 11.6 Å². The first-order chi connectivity index (χ1) is 9.81. The second-order valence-electron chi connectivity index (χ2n) is 4.38. The Morgan fingerprint density at radius 3 is 2.75 bits per heavy atom. The number of aliphatic imine (C=N–C) groups is 1. The third-order valence-electron chi connectivity index (χ3n) is 2.86. The van der Waals surface area contributed by atoms with Crippen LogP contribution in [0.1, 0.15) is 0 Å². The molecule has 3 rings (SSSR count). The molecule has 1 aliphatic heterocycles. The number of guanidine groups is 1. The molecule has 0 aliphatic carbocycles. The van der Waals surface area contributed by atoms with E-state index >= 15 is 0 Å². The molecule has 2 aromatic rings. The number of benzene rings is 2. The van der Waals surface area contributed by atoms with Gasteiger partial charge in [0.05, 0.1) is 12.2 Å². The highest BCUT2D eigenvalue weighted by molar-refractivity contribution is 5.96. The quantitative estimate of drug-likeness (QED) is 0.801. The molecule has 0 fully saturated rings. The summed E-state index contributed by atoms with van der Waals surface area (Å²) in [7, 11) is 0. The Balaban J connectivity index is 1.85. The zero-order chi connectivity index (χ0) is 13.8. The van der Waals surface area contributed by atoms with Gasteiger partial charge in [-0.05, 0) is 24.3 Å². The first-order valence-electron chi connectivity index (χ1n) is 6.42. The minimum Gasteiger partial charge on any atom is -0.508 e. The number of hydrogen-bond donors (Lipinski definition) is 3. The smallest absolute Gasteiger partial charge is 0.196 e. The number of nitrogens with zero attached hydrogens (tertiary/aromatic N) is 1. The number of ether oxygens (including phenoxy) is 1. The summed E-state index contributed by atoms with van der Waals surface area (Å²) in [6.07, 6.45) is 0. The Morgan fingerprint density at radius 2 is 2.00 bits per heavy atom. The van der Waals surface area contributed by atoms with Crippen molar-refractivity contribution in [1.82, 2.24) is 5.32 Å². The van der Waals surface area contributed by atoms with E-state index in [0.717, 1.165) is 18.8 Å². The van der Waals surface area contributed by atoms with Gasteiger partial charge in [0.1, 0.15) is 11.5 Å². The van der Waals surface area contributed by atoms with Gasteiger partial charge < -0.3 is 20.5 Å². The maximum Gasteiger partial charge on any atom is 0.196 e. The van der Waals surface area contributed by atoms with Gasteiger partial charge in [0.25, 0.3) is 0 Å². The van der Waals surface area contributed by atoms with Crippen LogP contribution in [0.2, 0.25) is 0 Å². The molecule has 20 heavy (non-hydrogen) atoms. The third kappa shape index (κ3) is 2.83. The van der Waals surface area contributed by atoms with Crippen molar-refractivity contribution in [1.29, 1.82) is 0 Å². The third-order valence-corrected chi connectivity index (χ3v) is 2.86. The Bertz CT molecular complexity index is 626. The summed E-state index contributed by atoms with van der Waals surface area (Å²) in [5, 5.41) is 15.9. The van der Waals surface area contributed by atoms with Gasteiger partial charge in [0.2, 0.25) is 0 Å². The monoisotopic (exact) mass is 269 g/mol.